The molecule has 2 heteroatoms. The number of aryl methyl sites for hydroxylation is 2. The highest BCUT2D eigenvalue weighted by Crippen LogP contribution is 2.41. The summed E-state index contributed by atoms with van der Waals surface area (Å²) >= 11 is 0. The van der Waals surface area contributed by atoms with Crippen molar-refractivity contribution in [3.63, 3.8) is 0 Å². The van der Waals surface area contributed by atoms with E-state index in [1.807, 2.05) is 0 Å². The molecule has 0 spiro atoms. The molecule has 1 aromatic rings. The summed E-state index contributed by atoms with van der Waals surface area (Å²) < 4.78 is 0. The van der Waals surface area contributed by atoms with Crippen LogP contribution in [0.15, 0.2) is 18.2 Å². The Morgan fingerprint density at radius 1 is 1.21 bits per heavy atom. The number of nitrogens with zero attached hydrogens (tertiary/aromatic N) is 1. The lowest BCUT2D eigenvalue weighted by Gasteiger charge is -2.42. The molecular weight excluding hydrogens is 232 g/mol. The smallest absolute Gasteiger partial charge is 0.00839 e. The maximum Gasteiger partial charge on any atom is 0.00839 e. The highest BCUT2D eigenvalue weighted by molar-refractivity contribution is 5.37. The Morgan fingerprint density at radius 2 is 1.84 bits per heavy atom. The van der Waals surface area contributed by atoms with Gasteiger partial charge in [-0.25, -0.2) is 0 Å². The van der Waals surface area contributed by atoms with Crippen molar-refractivity contribution in [2.45, 2.75) is 51.0 Å². The van der Waals surface area contributed by atoms with Gasteiger partial charge in [0.05, 0.1) is 0 Å². The van der Waals surface area contributed by atoms with Crippen LogP contribution in [0, 0.1) is 13.8 Å². The van der Waals surface area contributed by atoms with Crippen LogP contribution in [0.25, 0.3) is 0 Å². The SMILES string of the molecule is Cc1ccc(C)c(C2(CN(C)C)CCC(N)CC2)c1. The van der Waals surface area contributed by atoms with Crippen LogP contribution in [0.5, 0.6) is 0 Å². The molecule has 0 saturated heterocycles. The first-order valence-corrected chi connectivity index (χ1v) is 7.41. The number of hydrogen-bond donors (Lipinski definition) is 1. The van der Waals surface area contributed by atoms with Gasteiger partial charge in [-0.05, 0) is 64.8 Å². The van der Waals surface area contributed by atoms with Gasteiger partial charge in [-0.3, -0.25) is 0 Å². The molecular formula is C17H28N2. The molecule has 0 unspecified atom stereocenters. The molecule has 1 saturated carbocycles. The van der Waals surface area contributed by atoms with Gasteiger partial charge in [0.15, 0.2) is 0 Å². The van der Waals surface area contributed by atoms with E-state index in [4.69, 9.17) is 5.73 Å². The summed E-state index contributed by atoms with van der Waals surface area (Å²) in [5.41, 5.74) is 10.8. The minimum atomic E-state index is 0.301. The van der Waals surface area contributed by atoms with E-state index in [2.05, 4.69) is 51.0 Å². The fourth-order valence-corrected chi connectivity index (χ4v) is 3.62. The van der Waals surface area contributed by atoms with Crippen molar-refractivity contribution >= 4 is 0 Å². The molecule has 2 N–H and O–H groups in total. The number of rotatable bonds is 3. The Hall–Kier alpha value is -0.860. The zero-order valence-electron chi connectivity index (χ0n) is 12.9. The average molecular weight is 260 g/mol. The van der Waals surface area contributed by atoms with Crippen LogP contribution in [0.4, 0.5) is 0 Å². The second-order valence-corrected chi connectivity index (χ2v) is 6.67. The van der Waals surface area contributed by atoms with Gasteiger partial charge in [-0.1, -0.05) is 23.8 Å². The number of benzene rings is 1. The third-order valence-corrected chi connectivity index (χ3v) is 4.57. The van der Waals surface area contributed by atoms with Crippen LogP contribution in [-0.2, 0) is 5.41 Å². The molecule has 19 heavy (non-hydrogen) atoms. The summed E-state index contributed by atoms with van der Waals surface area (Å²) in [5.74, 6) is 0. The molecule has 0 bridgehead atoms. The molecule has 0 aromatic heterocycles. The maximum atomic E-state index is 6.12. The first kappa shape index (κ1) is 14.5. The van der Waals surface area contributed by atoms with Crippen LogP contribution in [0.1, 0.15) is 42.4 Å². The van der Waals surface area contributed by atoms with E-state index in [1.54, 1.807) is 5.56 Å². The van der Waals surface area contributed by atoms with Crippen molar-refractivity contribution in [3.05, 3.63) is 34.9 Å². The van der Waals surface area contributed by atoms with Gasteiger partial charge in [-0.2, -0.15) is 0 Å². The summed E-state index contributed by atoms with van der Waals surface area (Å²) in [6.45, 7) is 5.57. The number of hydrogen-bond acceptors (Lipinski definition) is 2. The molecule has 0 amide bonds. The van der Waals surface area contributed by atoms with E-state index >= 15 is 0 Å². The summed E-state index contributed by atoms with van der Waals surface area (Å²) in [6, 6.07) is 7.30. The number of likely N-dealkylation sites (N-methyl/N-ethyl adjacent to an activating group) is 1. The number of nitrogens with two attached hydrogens (primary N) is 1. The summed E-state index contributed by atoms with van der Waals surface area (Å²) in [6.07, 6.45) is 4.75. The molecule has 0 heterocycles. The molecule has 0 radical (unpaired) electrons. The molecule has 1 aromatic carbocycles. The molecule has 0 atom stereocenters. The standard InChI is InChI=1S/C17H28N2/c1-13-5-6-14(2)16(11-13)17(12-19(3)4)9-7-15(18)8-10-17/h5-6,11,15H,7-10,12,18H2,1-4H3. The lowest BCUT2D eigenvalue weighted by molar-refractivity contribution is 0.203. The molecule has 106 valence electrons. The van der Waals surface area contributed by atoms with E-state index in [1.165, 1.54) is 24.0 Å². The van der Waals surface area contributed by atoms with Crippen molar-refractivity contribution in [2.24, 2.45) is 5.73 Å². The van der Waals surface area contributed by atoms with Crippen LogP contribution < -0.4 is 5.73 Å². The van der Waals surface area contributed by atoms with Gasteiger partial charge in [0.1, 0.15) is 0 Å². The monoisotopic (exact) mass is 260 g/mol. The van der Waals surface area contributed by atoms with Gasteiger partial charge in [0.25, 0.3) is 0 Å². The van der Waals surface area contributed by atoms with Gasteiger partial charge in [-0.15, -0.1) is 0 Å². The first-order valence-electron chi connectivity index (χ1n) is 7.41. The van der Waals surface area contributed by atoms with E-state index in [0.717, 1.165) is 19.4 Å². The highest BCUT2D eigenvalue weighted by Gasteiger charge is 2.37. The van der Waals surface area contributed by atoms with Crippen molar-refractivity contribution in [2.75, 3.05) is 20.6 Å². The van der Waals surface area contributed by atoms with Crippen molar-refractivity contribution in [1.29, 1.82) is 0 Å². The first-order chi connectivity index (χ1) is 8.93. The minimum Gasteiger partial charge on any atom is -0.328 e. The Kier molecular flexibility index (Phi) is 4.32. The molecule has 2 rings (SSSR count). The quantitative estimate of drug-likeness (QED) is 0.905. The van der Waals surface area contributed by atoms with E-state index in [9.17, 15) is 0 Å². The second-order valence-electron chi connectivity index (χ2n) is 6.67. The van der Waals surface area contributed by atoms with Gasteiger partial charge < -0.3 is 10.6 Å². The van der Waals surface area contributed by atoms with Gasteiger partial charge in [0, 0.05) is 18.0 Å². The predicted octanol–water partition coefficient (Wildman–Crippen LogP) is 3.00. The normalized spacial score (nSPS) is 27.8. The molecule has 2 nitrogen and oxygen atoms in total. The summed E-state index contributed by atoms with van der Waals surface area (Å²) in [7, 11) is 4.36. The zero-order chi connectivity index (χ0) is 14.0. The summed E-state index contributed by atoms with van der Waals surface area (Å²) in [4.78, 5) is 2.33. The van der Waals surface area contributed by atoms with Crippen LogP contribution in [-0.4, -0.2) is 31.6 Å². The van der Waals surface area contributed by atoms with Crippen molar-refractivity contribution < 1.29 is 0 Å². The minimum absolute atomic E-state index is 0.301. The van der Waals surface area contributed by atoms with Gasteiger partial charge in [0.2, 0.25) is 0 Å². The topological polar surface area (TPSA) is 29.3 Å². The Balaban J connectivity index is 2.39. The Labute approximate surface area is 118 Å². The predicted molar refractivity (Wildman–Crippen MR) is 82.6 cm³/mol. The lowest BCUT2D eigenvalue weighted by Crippen LogP contribution is -2.44. The maximum absolute atomic E-state index is 6.12. The third-order valence-electron chi connectivity index (χ3n) is 4.57. The molecule has 0 aliphatic heterocycles. The summed E-state index contributed by atoms with van der Waals surface area (Å²) in [5, 5.41) is 0. The van der Waals surface area contributed by atoms with E-state index in [-0.39, 0.29) is 0 Å². The molecule has 1 aliphatic rings. The lowest BCUT2D eigenvalue weighted by atomic mass is 9.66. The van der Waals surface area contributed by atoms with E-state index in [0.29, 0.717) is 11.5 Å². The van der Waals surface area contributed by atoms with Crippen LogP contribution >= 0.6 is 0 Å². The fourth-order valence-electron chi connectivity index (χ4n) is 3.62. The van der Waals surface area contributed by atoms with Crippen LogP contribution in [0.3, 0.4) is 0 Å². The Bertz CT molecular complexity index is 429. The van der Waals surface area contributed by atoms with Crippen molar-refractivity contribution in [3.8, 4) is 0 Å². The molecule has 1 aliphatic carbocycles. The molecule has 1 fully saturated rings. The van der Waals surface area contributed by atoms with Gasteiger partial charge >= 0.3 is 0 Å². The largest absolute Gasteiger partial charge is 0.328 e. The third kappa shape index (κ3) is 3.18. The van der Waals surface area contributed by atoms with E-state index < -0.39 is 0 Å². The van der Waals surface area contributed by atoms with Crippen molar-refractivity contribution in [1.82, 2.24) is 4.90 Å². The fraction of sp³-hybridized carbons (Fsp3) is 0.647. The Morgan fingerprint density at radius 3 is 2.42 bits per heavy atom. The van der Waals surface area contributed by atoms with Crippen LogP contribution in [0.2, 0.25) is 0 Å². The zero-order valence-corrected chi connectivity index (χ0v) is 12.9. The average Bonchev–Trinajstić information content (AvgIpc) is 2.35. The second kappa shape index (κ2) is 5.64. The highest BCUT2D eigenvalue weighted by atomic mass is 15.1.